The highest BCUT2D eigenvalue weighted by molar-refractivity contribution is 8.00. The first kappa shape index (κ1) is 14.0. The zero-order valence-electron chi connectivity index (χ0n) is 11.0. The van der Waals surface area contributed by atoms with Crippen molar-refractivity contribution in [3.05, 3.63) is 53.2 Å². The normalized spacial score (nSPS) is 10.9. The summed E-state index contributed by atoms with van der Waals surface area (Å²) < 4.78 is 0.888. The molecule has 4 nitrogen and oxygen atoms in total. The van der Waals surface area contributed by atoms with E-state index < -0.39 is 5.97 Å². The van der Waals surface area contributed by atoms with E-state index in [4.69, 9.17) is 5.11 Å². The molecule has 0 spiro atoms. The number of aromatic nitrogens is 2. The van der Waals surface area contributed by atoms with Crippen molar-refractivity contribution in [2.45, 2.75) is 16.5 Å². The van der Waals surface area contributed by atoms with Crippen molar-refractivity contribution in [1.82, 2.24) is 9.97 Å². The maximum Gasteiger partial charge on any atom is 0.309 e. The van der Waals surface area contributed by atoms with Gasteiger partial charge in [0, 0.05) is 22.7 Å². The summed E-state index contributed by atoms with van der Waals surface area (Å²) in [6.07, 6.45) is 1.78. The van der Waals surface area contributed by atoms with Crippen molar-refractivity contribution < 1.29 is 9.90 Å². The van der Waals surface area contributed by atoms with Crippen LogP contribution in [-0.4, -0.2) is 21.0 Å². The molecule has 21 heavy (non-hydrogen) atoms. The molecule has 0 saturated heterocycles. The number of benzene rings is 1. The van der Waals surface area contributed by atoms with Crippen LogP contribution >= 0.6 is 23.1 Å². The lowest BCUT2D eigenvalue weighted by atomic mass is 10.1. The molecule has 2 heterocycles. The van der Waals surface area contributed by atoms with Gasteiger partial charge in [-0.2, -0.15) is 0 Å². The lowest BCUT2D eigenvalue weighted by Crippen LogP contribution is -1.99. The Balaban J connectivity index is 1.74. The first-order chi connectivity index (χ1) is 10.2. The number of carbonyl (C=O) groups is 1. The van der Waals surface area contributed by atoms with E-state index >= 15 is 0 Å². The molecule has 106 valence electrons. The van der Waals surface area contributed by atoms with Gasteiger partial charge >= 0.3 is 5.97 Å². The van der Waals surface area contributed by atoms with Crippen molar-refractivity contribution in [3.63, 3.8) is 0 Å². The van der Waals surface area contributed by atoms with E-state index in [2.05, 4.69) is 16.0 Å². The average molecular weight is 316 g/mol. The molecule has 0 fully saturated rings. The van der Waals surface area contributed by atoms with Crippen molar-refractivity contribution in [2.24, 2.45) is 0 Å². The van der Waals surface area contributed by atoms with Gasteiger partial charge in [0.2, 0.25) is 0 Å². The molecule has 3 aromatic rings. The summed E-state index contributed by atoms with van der Waals surface area (Å²) in [5, 5.41) is 11.7. The third-order valence-corrected chi connectivity index (χ3v) is 5.05. The van der Waals surface area contributed by atoms with Gasteiger partial charge in [-0.3, -0.25) is 9.78 Å². The van der Waals surface area contributed by atoms with E-state index in [0.29, 0.717) is 5.69 Å². The number of carboxylic acid groups (broad SMARTS) is 1. The minimum atomic E-state index is -0.852. The first-order valence-electron chi connectivity index (χ1n) is 6.34. The molecular formula is C15H12N2O2S2. The summed E-state index contributed by atoms with van der Waals surface area (Å²) in [6, 6.07) is 10.1. The molecule has 0 unspecified atom stereocenters. The zero-order chi connectivity index (χ0) is 14.7. The van der Waals surface area contributed by atoms with Crippen molar-refractivity contribution in [1.29, 1.82) is 0 Å². The third kappa shape index (κ3) is 3.40. The van der Waals surface area contributed by atoms with Crippen molar-refractivity contribution >= 4 is 40.0 Å². The molecule has 0 saturated carbocycles. The fourth-order valence-electron chi connectivity index (χ4n) is 2.01. The predicted octanol–water partition coefficient (Wildman–Crippen LogP) is 3.61. The second-order valence-electron chi connectivity index (χ2n) is 4.46. The Hall–Kier alpha value is -1.92. The molecule has 0 aliphatic heterocycles. The summed E-state index contributed by atoms with van der Waals surface area (Å²) in [5.74, 6) is -0.0796. The fourth-order valence-corrected chi connectivity index (χ4v) is 3.84. The van der Waals surface area contributed by atoms with Gasteiger partial charge in [0.05, 0.1) is 17.6 Å². The van der Waals surface area contributed by atoms with Gasteiger partial charge in [-0.15, -0.1) is 11.3 Å². The summed E-state index contributed by atoms with van der Waals surface area (Å²) in [7, 11) is 0. The molecule has 1 aromatic carbocycles. The van der Waals surface area contributed by atoms with Crippen LogP contribution in [0.1, 0.15) is 11.3 Å². The van der Waals surface area contributed by atoms with Gasteiger partial charge in [-0.25, -0.2) is 4.98 Å². The number of thiazole rings is 1. The molecular weight excluding hydrogens is 304 g/mol. The second kappa shape index (κ2) is 6.24. The number of hydrogen-bond donors (Lipinski definition) is 1. The fraction of sp³-hybridized carbons (Fsp3) is 0.133. The Labute approximate surface area is 129 Å². The van der Waals surface area contributed by atoms with E-state index in [-0.39, 0.29) is 6.42 Å². The minimum absolute atomic E-state index is 0.0209. The molecule has 0 amide bonds. The number of rotatable bonds is 5. The van der Waals surface area contributed by atoms with E-state index in [1.54, 1.807) is 23.3 Å². The maximum absolute atomic E-state index is 10.7. The number of pyridine rings is 1. The molecule has 0 atom stereocenters. The van der Waals surface area contributed by atoms with Crippen LogP contribution in [0.5, 0.6) is 0 Å². The molecule has 0 radical (unpaired) electrons. The highest BCUT2D eigenvalue weighted by Gasteiger charge is 2.08. The molecule has 3 rings (SSSR count). The van der Waals surface area contributed by atoms with Crippen LogP contribution in [0.25, 0.3) is 10.9 Å². The van der Waals surface area contributed by atoms with Crippen LogP contribution in [-0.2, 0) is 17.0 Å². The Morgan fingerprint density at radius 3 is 3.00 bits per heavy atom. The van der Waals surface area contributed by atoms with Crippen LogP contribution in [0.2, 0.25) is 0 Å². The molecule has 0 aliphatic carbocycles. The lowest BCUT2D eigenvalue weighted by molar-refractivity contribution is -0.136. The number of para-hydroxylation sites is 1. The predicted molar refractivity (Wildman–Crippen MR) is 84.8 cm³/mol. The molecule has 0 bridgehead atoms. The van der Waals surface area contributed by atoms with Gasteiger partial charge in [0.25, 0.3) is 0 Å². The summed E-state index contributed by atoms with van der Waals surface area (Å²) in [4.78, 5) is 19.4. The van der Waals surface area contributed by atoms with E-state index in [1.807, 2.05) is 24.3 Å². The summed E-state index contributed by atoms with van der Waals surface area (Å²) >= 11 is 3.10. The smallest absolute Gasteiger partial charge is 0.309 e. The number of fused-ring (bicyclic) bond motifs is 1. The molecule has 1 N–H and O–H groups in total. The monoisotopic (exact) mass is 316 g/mol. The van der Waals surface area contributed by atoms with Crippen LogP contribution in [0.4, 0.5) is 0 Å². The molecule has 6 heteroatoms. The van der Waals surface area contributed by atoms with Gasteiger partial charge in [-0.05, 0) is 11.6 Å². The van der Waals surface area contributed by atoms with Crippen LogP contribution in [0.15, 0.2) is 46.2 Å². The lowest BCUT2D eigenvalue weighted by Gasteiger charge is -2.03. The second-order valence-corrected chi connectivity index (χ2v) is 6.54. The zero-order valence-corrected chi connectivity index (χ0v) is 12.7. The van der Waals surface area contributed by atoms with E-state index in [9.17, 15) is 4.79 Å². The van der Waals surface area contributed by atoms with E-state index in [1.165, 1.54) is 11.3 Å². The number of aliphatic carboxylic acids is 1. The Morgan fingerprint density at radius 1 is 1.29 bits per heavy atom. The van der Waals surface area contributed by atoms with Gasteiger partial charge in [-0.1, -0.05) is 36.0 Å². The summed E-state index contributed by atoms with van der Waals surface area (Å²) in [5.41, 5.74) is 2.79. The number of nitrogens with zero attached hydrogens (tertiary/aromatic N) is 2. The number of hydrogen-bond acceptors (Lipinski definition) is 5. The largest absolute Gasteiger partial charge is 0.481 e. The minimum Gasteiger partial charge on any atom is -0.481 e. The standard InChI is InChI=1S/C15H12N2O2S2/c18-13(19)7-12-9-21-15(17-12)20-8-11-4-1-3-10-5-2-6-16-14(10)11/h1-6,9H,7-8H2,(H,18,19). The molecule has 0 aliphatic rings. The average Bonchev–Trinajstić information content (AvgIpc) is 2.92. The van der Waals surface area contributed by atoms with Crippen LogP contribution in [0.3, 0.4) is 0 Å². The maximum atomic E-state index is 10.7. The highest BCUT2D eigenvalue weighted by atomic mass is 32.2. The van der Waals surface area contributed by atoms with E-state index in [0.717, 1.165) is 26.6 Å². The first-order valence-corrected chi connectivity index (χ1v) is 8.20. The SMILES string of the molecule is O=C(O)Cc1csc(SCc2cccc3cccnc23)n1. The van der Waals surface area contributed by atoms with Gasteiger partial charge in [0.1, 0.15) is 4.34 Å². The van der Waals surface area contributed by atoms with Crippen LogP contribution in [0, 0.1) is 0 Å². The van der Waals surface area contributed by atoms with Crippen LogP contribution < -0.4 is 0 Å². The van der Waals surface area contributed by atoms with Gasteiger partial charge in [0.15, 0.2) is 0 Å². The number of thioether (sulfide) groups is 1. The Bertz CT molecular complexity index is 781. The topological polar surface area (TPSA) is 63.1 Å². The summed E-state index contributed by atoms with van der Waals surface area (Å²) in [6.45, 7) is 0. The highest BCUT2D eigenvalue weighted by Crippen LogP contribution is 2.28. The van der Waals surface area contributed by atoms with Gasteiger partial charge < -0.3 is 5.11 Å². The quantitative estimate of drug-likeness (QED) is 0.729. The third-order valence-electron chi connectivity index (χ3n) is 2.93. The number of carboxylic acids is 1. The molecule has 2 aromatic heterocycles. The Kier molecular flexibility index (Phi) is 4.17. The van der Waals surface area contributed by atoms with Crippen molar-refractivity contribution in [3.8, 4) is 0 Å². The Morgan fingerprint density at radius 2 is 2.14 bits per heavy atom. The van der Waals surface area contributed by atoms with Crippen molar-refractivity contribution in [2.75, 3.05) is 0 Å².